The van der Waals surface area contributed by atoms with Gasteiger partial charge in [-0.1, -0.05) is 11.6 Å². The second kappa shape index (κ2) is 3.59. The lowest BCUT2D eigenvalue weighted by Gasteiger charge is -1.97. The van der Waals surface area contributed by atoms with Gasteiger partial charge in [0.25, 0.3) is 0 Å². The fraction of sp³-hybridized carbons (Fsp3) is 0.300. The van der Waals surface area contributed by atoms with Crippen LogP contribution in [0.2, 0.25) is 5.02 Å². The Balaban J connectivity index is 2.41. The van der Waals surface area contributed by atoms with E-state index in [1.165, 1.54) is 0 Å². The average Bonchev–Trinajstić information content (AvgIpc) is 2.44. The number of benzene rings is 1. The molecule has 3 nitrogen and oxygen atoms in total. The molecule has 1 aromatic carbocycles. The van der Waals surface area contributed by atoms with E-state index in [0.717, 1.165) is 11.1 Å². The van der Waals surface area contributed by atoms with Crippen molar-refractivity contribution in [3.8, 4) is 0 Å². The lowest BCUT2D eigenvalue weighted by atomic mass is 10.2. The van der Waals surface area contributed by atoms with Crippen molar-refractivity contribution in [2.24, 2.45) is 5.73 Å². The highest BCUT2D eigenvalue weighted by molar-refractivity contribution is 6.31. The van der Waals surface area contributed by atoms with Crippen LogP contribution in [0.5, 0.6) is 0 Å². The van der Waals surface area contributed by atoms with Crippen LogP contribution in [0.4, 0.5) is 0 Å². The van der Waals surface area contributed by atoms with E-state index in [-0.39, 0.29) is 6.04 Å². The smallest absolute Gasteiger partial charge is 0.197 e. The largest absolute Gasteiger partial charge is 0.441 e. The molecule has 0 amide bonds. The molecule has 1 aromatic heterocycles. The number of aromatic nitrogens is 1. The molecule has 0 aliphatic heterocycles. The van der Waals surface area contributed by atoms with Gasteiger partial charge in [0.05, 0.1) is 0 Å². The summed E-state index contributed by atoms with van der Waals surface area (Å²) in [4.78, 5) is 4.28. The van der Waals surface area contributed by atoms with Crippen LogP contribution in [0.3, 0.4) is 0 Å². The van der Waals surface area contributed by atoms with Gasteiger partial charge in [-0.25, -0.2) is 4.98 Å². The summed E-state index contributed by atoms with van der Waals surface area (Å²) < 4.78 is 5.48. The van der Waals surface area contributed by atoms with Crippen molar-refractivity contribution in [2.45, 2.75) is 19.4 Å². The van der Waals surface area contributed by atoms with Crippen molar-refractivity contribution in [1.82, 2.24) is 4.98 Å². The molecule has 0 spiro atoms. The molecule has 74 valence electrons. The SMILES string of the molecule is CC(N)Cc1nc2cc(Cl)ccc2o1. The van der Waals surface area contributed by atoms with Crippen LogP contribution in [0, 0.1) is 0 Å². The zero-order valence-corrected chi connectivity index (χ0v) is 8.58. The minimum Gasteiger partial charge on any atom is -0.441 e. The van der Waals surface area contributed by atoms with E-state index in [1.807, 2.05) is 13.0 Å². The molecule has 1 unspecified atom stereocenters. The van der Waals surface area contributed by atoms with Crippen molar-refractivity contribution in [2.75, 3.05) is 0 Å². The molecule has 0 saturated carbocycles. The van der Waals surface area contributed by atoms with Crippen LogP contribution in [0.15, 0.2) is 22.6 Å². The van der Waals surface area contributed by atoms with Gasteiger partial charge in [-0.05, 0) is 25.1 Å². The minimum absolute atomic E-state index is 0.0542. The molecule has 4 heteroatoms. The van der Waals surface area contributed by atoms with E-state index in [1.54, 1.807) is 12.1 Å². The zero-order valence-electron chi connectivity index (χ0n) is 7.83. The summed E-state index contributed by atoms with van der Waals surface area (Å²) in [5.74, 6) is 0.664. The van der Waals surface area contributed by atoms with Gasteiger partial charge in [0.15, 0.2) is 11.5 Å². The Labute approximate surface area is 86.9 Å². The van der Waals surface area contributed by atoms with Crippen LogP contribution >= 0.6 is 11.6 Å². The third-order valence-electron chi connectivity index (χ3n) is 1.89. The molecule has 2 rings (SSSR count). The highest BCUT2D eigenvalue weighted by Gasteiger charge is 2.07. The lowest BCUT2D eigenvalue weighted by Crippen LogP contribution is -2.17. The Morgan fingerprint density at radius 1 is 1.57 bits per heavy atom. The number of hydrogen-bond donors (Lipinski definition) is 1. The van der Waals surface area contributed by atoms with Gasteiger partial charge in [-0.3, -0.25) is 0 Å². The molecular weight excluding hydrogens is 200 g/mol. The van der Waals surface area contributed by atoms with Crippen molar-refractivity contribution in [3.05, 3.63) is 29.1 Å². The Morgan fingerprint density at radius 3 is 3.07 bits per heavy atom. The summed E-state index contributed by atoms with van der Waals surface area (Å²) in [5, 5.41) is 0.665. The third kappa shape index (κ3) is 1.89. The van der Waals surface area contributed by atoms with Crippen LogP contribution in [-0.4, -0.2) is 11.0 Å². The standard InChI is InChI=1S/C10H11ClN2O/c1-6(12)4-10-13-8-5-7(11)2-3-9(8)14-10/h2-3,5-6H,4,12H2,1H3. The van der Waals surface area contributed by atoms with Crippen LogP contribution in [-0.2, 0) is 6.42 Å². The van der Waals surface area contributed by atoms with Crippen LogP contribution in [0.1, 0.15) is 12.8 Å². The third-order valence-corrected chi connectivity index (χ3v) is 2.13. The van der Waals surface area contributed by atoms with Gasteiger partial charge < -0.3 is 10.2 Å². The first-order valence-electron chi connectivity index (χ1n) is 4.45. The Kier molecular flexibility index (Phi) is 2.44. The van der Waals surface area contributed by atoms with E-state index >= 15 is 0 Å². The molecular formula is C10H11ClN2O. The molecule has 2 N–H and O–H groups in total. The van der Waals surface area contributed by atoms with E-state index < -0.39 is 0 Å². The Morgan fingerprint density at radius 2 is 2.36 bits per heavy atom. The van der Waals surface area contributed by atoms with Crippen LogP contribution < -0.4 is 5.73 Å². The summed E-state index contributed by atoms with van der Waals surface area (Å²) in [6.45, 7) is 1.92. The monoisotopic (exact) mass is 210 g/mol. The predicted molar refractivity (Wildman–Crippen MR) is 56.4 cm³/mol. The maximum atomic E-state index is 5.83. The fourth-order valence-electron chi connectivity index (χ4n) is 1.31. The fourth-order valence-corrected chi connectivity index (χ4v) is 1.48. The highest BCUT2D eigenvalue weighted by Crippen LogP contribution is 2.20. The molecule has 0 fully saturated rings. The van der Waals surface area contributed by atoms with E-state index in [9.17, 15) is 0 Å². The minimum atomic E-state index is 0.0542. The summed E-state index contributed by atoms with van der Waals surface area (Å²) >= 11 is 5.83. The summed E-state index contributed by atoms with van der Waals surface area (Å²) in [7, 11) is 0. The van der Waals surface area contributed by atoms with Crippen molar-refractivity contribution in [1.29, 1.82) is 0 Å². The molecule has 2 aromatic rings. The number of nitrogens with two attached hydrogens (primary N) is 1. The molecule has 0 bridgehead atoms. The summed E-state index contributed by atoms with van der Waals surface area (Å²) in [5.41, 5.74) is 7.19. The van der Waals surface area contributed by atoms with Gasteiger partial charge in [0, 0.05) is 17.5 Å². The van der Waals surface area contributed by atoms with Crippen molar-refractivity contribution >= 4 is 22.7 Å². The molecule has 1 atom stereocenters. The van der Waals surface area contributed by atoms with Gasteiger partial charge >= 0.3 is 0 Å². The topological polar surface area (TPSA) is 52.0 Å². The quantitative estimate of drug-likeness (QED) is 0.828. The van der Waals surface area contributed by atoms with Crippen LogP contribution in [0.25, 0.3) is 11.1 Å². The molecule has 0 aliphatic rings. The summed E-state index contributed by atoms with van der Waals surface area (Å²) in [6.07, 6.45) is 0.645. The second-order valence-corrected chi connectivity index (χ2v) is 3.84. The zero-order chi connectivity index (χ0) is 10.1. The number of oxazole rings is 1. The molecule has 0 radical (unpaired) electrons. The van der Waals surface area contributed by atoms with E-state index in [2.05, 4.69) is 4.98 Å². The predicted octanol–water partition coefficient (Wildman–Crippen LogP) is 2.37. The number of fused-ring (bicyclic) bond motifs is 1. The van der Waals surface area contributed by atoms with Crippen molar-refractivity contribution in [3.63, 3.8) is 0 Å². The maximum absolute atomic E-state index is 5.83. The number of nitrogens with zero attached hydrogens (tertiary/aromatic N) is 1. The first-order valence-corrected chi connectivity index (χ1v) is 4.83. The first-order chi connectivity index (χ1) is 6.65. The molecule has 0 aliphatic carbocycles. The van der Waals surface area contributed by atoms with Gasteiger partial charge in [-0.2, -0.15) is 0 Å². The molecule has 14 heavy (non-hydrogen) atoms. The Bertz CT molecular complexity index is 450. The average molecular weight is 211 g/mol. The normalized spacial score (nSPS) is 13.4. The number of rotatable bonds is 2. The molecule has 0 saturated heterocycles. The van der Waals surface area contributed by atoms with Gasteiger partial charge in [0.2, 0.25) is 0 Å². The Hall–Kier alpha value is -1.06. The lowest BCUT2D eigenvalue weighted by molar-refractivity contribution is 0.507. The number of hydrogen-bond acceptors (Lipinski definition) is 3. The maximum Gasteiger partial charge on any atom is 0.197 e. The van der Waals surface area contributed by atoms with Gasteiger partial charge in [-0.15, -0.1) is 0 Å². The van der Waals surface area contributed by atoms with E-state index in [0.29, 0.717) is 17.3 Å². The van der Waals surface area contributed by atoms with Crippen molar-refractivity contribution < 1.29 is 4.42 Å². The number of halogens is 1. The van der Waals surface area contributed by atoms with Gasteiger partial charge in [0.1, 0.15) is 5.52 Å². The first kappa shape index (κ1) is 9.49. The summed E-state index contributed by atoms with van der Waals surface area (Å²) in [6, 6.07) is 5.43. The molecule has 1 heterocycles. The van der Waals surface area contributed by atoms with E-state index in [4.69, 9.17) is 21.8 Å². The highest BCUT2D eigenvalue weighted by atomic mass is 35.5. The second-order valence-electron chi connectivity index (χ2n) is 3.40.